The van der Waals surface area contributed by atoms with Gasteiger partial charge in [0.05, 0.1) is 0 Å². The largest absolute Gasteiger partial charge is 0.379 e. The fraction of sp³-hybridized carbons (Fsp3) is 0.368. The lowest BCUT2D eigenvalue weighted by Crippen LogP contribution is -2.43. The van der Waals surface area contributed by atoms with E-state index >= 15 is 0 Å². The number of nitrogens with zero attached hydrogens (tertiary/aromatic N) is 1. The zero-order valence-electron chi connectivity index (χ0n) is 12.4. The normalized spacial score (nSPS) is 16.8. The molecule has 3 rings (SSSR count). The van der Waals surface area contributed by atoms with Crippen LogP contribution in [-0.2, 0) is 5.60 Å². The maximum atomic E-state index is 11.5. The summed E-state index contributed by atoms with van der Waals surface area (Å²) in [7, 11) is 0. The third-order valence-corrected chi connectivity index (χ3v) is 4.40. The summed E-state index contributed by atoms with van der Waals surface area (Å²) in [5, 5.41) is 11.5. The molecule has 0 aromatic heterocycles. The Labute approximate surface area is 127 Å². The van der Waals surface area contributed by atoms with Crippen LogP contribution in [0.15, 0.2) is 60.7 Å². The first kappa shape index (κ1) is 14.3. The molecule has 110 valence electrons. The molecule has 2 nitrogen and oxygen atoms in total. The SMILES string of the molecule is OC(CN1CCCCC1)(c1ccccc1)c1ccccc1. The predicted molar refractivity (Wildman–Crippen MR) is 86.2 cm³/mol. The van der Waals surface area contributed by atoms with Crippen LogP contribution in [0.3, 0.4) is 0 Å². The van der Waals surface area contributed by atoms with Gasteiger partial charge in [0.15, 0.2) is 0 Å². The highest BCUT2D eigenvalue weighted by atomic mass is 16.3. The highest BCUT2D eigenvalue weighted by molar-refractivity contribution is 5.36. The summed E-state index contributed by atoms with van der Waals surface area (Å²) in [4.78, 5) is 2.39. The van der Waals surface area contributed by atoms with E-state index in [1.165, 1.54) is 19.3 Å². The minimum Gasteiger partial charge on any atom is -0.379 e. The maximum Gasteiger partial charge on any atom is 0.127 e. The number of hydrogen-bond donors (Lipinski definition) is 1. The molecule has 0 bridgehead atoms. The second kappa shape index (κ2) is 6.42. The van der Waals surface area contributed by atoms with E-state index in [0.29, 0.717) is 6.54 Å². The van der Waals surface area contributed by atoms with E-state index in [1.54, 1.807) is 0 Å². The molecule has 1 fully saturated rings. The molecule has 2 heteroatoms. The second-order valence-corrected chi connectivity index (χ2v) is 5.93. The van der Waals surface area contributed by atoms with Crippen molar-refractivity contribution < 1.29 is 5.11 Å². The Morgan fingerprint density at radius 3 is 1.71 bits per heavy atom. The van der Waals surface area contributed by atoms with E-state index in [0.717, 1.165) is 24.2 Å². The molecule has 1 N–H and O–H groups in total. The standard InChI is InChI=1S/C19H23NO/c21-19(17-10-4-1-5-11-17,18-12-6-2-7-13-18)16-20-14-8-3-9-15-20/h1-2,4-7,10-13,21H,3,8-9,14-16H2. The van der Waals surface area contributed by atoms with Gasteiger partial charge in [-0.15, -0.1) is 0 Å². The van der Waals surface area contributed by atoms with E-state index in [2.05, 4.69) is 4.90 Å². The van der Waals surface area contributed by atoms with Crippen molar-refractivity contribution in [2.45, 2.75) is 24.9 Å². The lowest BCUT2D eigenvalue weighted by molar-refractivity contribution is 0.0293. The van der Waals surface area contributed by atoms with Gasteiger partial charge in [-0.2, -0.15) is 0 Å². The average molecular weight is 281 g/mol. The van der Waals surface area contributed by atoms with Crippen LogP contribution in [0, 0.1) is 0 Å². The van der Waals surface area contributed by atoms with Gasteiger partial charge in [0.2, 0.25) is 0 Å². The lowest BCUT2D eigenvalue weighted by atomic mass is 9.85. The van der Waals surface area contributed by atoms with E-state index in [1.807, 2.05) is 60.7 Å². The summed E-state index contributed by atoms with van der Waals surface area (Å²) >= 11 is 0. The molecule has 21 heavy (non-hydrogen) atoms. The highest BCUT2D eigenvalue weighted by Crippen LogP contribution is 2.31. The maximum absolute atomic E-state index is 11.5. The van der Waals surface area contributed by atoms with Gasteiger partial charge >= 0.3 is 0 Å². The van der Waals surface area contributed by atoms with Crippen LogP contribution in [0.2, 0.25) is 0 Å². The lowest BCUT2D eigenvalue weighted by Gasteiger charge is -2.37. The van der Waals surface area contributed by atoms with Crippen LogP contribution in [0.25, 0.3) is 0 Å². The van der Waals surface area contributed by atoms with Gasteiger partial charge in [-0.05, 0) is 37.1 Å². The molecule has 0 saturated carbocycles. The van der Waals surface area contributed by atoms with Gasteiger partial charge < -0.3 is 5.11 Å². The Bertz CT molecular complexity index is 507. The van der Waals surface area contributed by atoms with Crippen molar-refractivity contribution in [2.24, 2.45) is 0 Å². The molecule has 0 radical (unpaired) electrons. The summed E-state index contributed by atoms with van der Waals surface area (Å²) in [6.07, 6.45) is 3.78. The fourth-order valence-corrected chi connectivity index (χ4v) is 3.22. The number of aliphatic hydroxyl groups is 1. The predicted octanol–water partition coefficient (Wildman–Crippen LogP) is 3.41. The van der Waals surface area contributed by atoms with Crippen molar-refractivity contribution in [3.05, 3.63) is 71.8 Å². The molecule has 1 heterocycles. The van der Waals surface area contributed by atoms with Crippen molar-refractivity contribution in [3.63, 3.8) is 0 Å². The Morgan fingerprint density at radius 2 is 1.24 bits per heavy atom. The zero-order valence-corrected chi connectivity index (χ0v) is 12.4. The van der Waals surface area contributed by atoms with Gasteiger partial charge in [0, 0.05) is 6.54 Å². The van der Waals surface area contributed by atoms with Gasteiger partial charge in [0.1, 0.15) is 5.60 Å². The molecular formula is C19H23NO. The molecule has 2 aromatic carbocycles. The summed E-state index contributed by atoms with van der Waals surface area (Å²) in [6.45, 7) is 2.84. The summed E-state index contributed by atoms with van der Waals surface area (Å²) < 4.78 is 0. The smallest absolute Gasteiger partial charge is 0.127 e. The average Bonchev–Trinajstić information content (AvgIpc) is 2.57. The fourth-order valence-electron chi connectivity index (χ4n) is 3.22. The van der Waals surface area contributed by atoms with Gasteiger partial charge in [-0.25, -0.2) is 0 Å². The number of rotatable bonds is 4. The first-order valence-corrected chi connectivity index (χ1v) is 7.85. The number of benzene rings is 2. The van der Waals surface area contributed by atoms with Gasteiger partial charge in [-0.1, -0.05) is 67.1 Å². The quantitative estimate of drug-likeness (QED) is 0.928. The molecule has 0 aliphatic carbocycles. The van der Waals surface area contributed by atoms with Crippen LogP contribution in [0.1, 0.15) is 30.4 Å². The van der Waals surface area contributed by atoms with Crippen molar-refractivity contribution in [1.29, 1.82) is 0 Å². The number of β-amino-alcohol motifs (C(OH)–C–C–N with tert-alkyl or cyclic N) is 1. The zero-order chi connectivity index (χ0) is 14.5. The van der Waals surface area contributed by atoms with Crippen LogP contribution in [0.4, 0.5) is 0 Å². The molecule has 1 saturated heterocycles. The first-order valence-electron chi connectivity index (χ1n) is 7.85. The number of likely N-dealkylation sites (tertiary alicyclic amines) is 1. The van der Waals surface area contributed by atoms with Crippen molar-refractivity contribution in [2.75, 3.05) is 19.6 Å². The van der Waals surface area contributed by atoms with Crippen LogP contribution in [-0.4, -0.2) is 29.6 Å². The van der Waals surface area contributed by atoms with Crippen LogP contribution < -0.4 is 0 Å². The third-order valence-electron chi connectivity index (χ3n) is 4.40. The Balaban J connectivity index is 1.94. The minimum absolute atomic E-state index is 0.668. The molecular weight excluding hydrogens is 258 g/mol. The number of hydrogen-bond acceptors (Lipinski definition) is 2. The van der Waals surface area contributed by atoms with Gasteiger partial charge in [0.25, 0.3) is 0 Å². The van der Waals surface area contributed by atoms with E-state index in [-0.39, 0.29) is 0 Å². The van der Waals surface area contributed by atoms with Crippen molar-refractivity contribution in [3.8, 4) is 0 Å². The summed E-state index contributed by atoms with van der Waals surface area (Å²) in [6, 6.07) is 20.1. The molecule has 0 unspecified atom stereocenters. The molecule has 1 aliphatic heterocycles. The Morgan fingerprint density at radius 1 is 0.762 bits per heavy atom. The molecule has 1 aliphatic rings. The molecule has 0 amide bonds. The van der Waals surface area contributed by atoms with E-state index in [4.69, 9.17) is 0 Å². The van der Waals surface area contributed by atoms with Gasteiger partial charge in [-0.3, -0.25) is 4.90 Å². The monoisotopic (exact) mass is 281 g/mol. The summed E-state index contributed by atoms with van der Waals surface area (Å²) in [5.41, 5.74) is 1.02. The second-order valence-electron chi connectivity index (χ2n) is 5.93. The Kier molecular flexibility index (Phi) is 4.37. The number of piperidine rings is 1. The molecule has 0 spiro atoms. The van der Waals surface area contributed by atoms with Crippen LogP contribution >= 0.6 is 0 Å². The first-order chi connectivity index (χ1) is 10.3. The van der Waals surface area contributed by atoms with Crippen molar-refractivity contribution in [1.82, 2.24) is 4.90 Å². The molecule has 2 aromatic rings. The summed E-state index contributed by atoms with van der Waals surface area (Å²) in [5.74, 6) is 0. The topological polar surface area (TPSA) is 23.5 Å². The van der Waals surface area contributed by atoms with Crippen molar-refractivity contribution >= 4 is 0 Å². The van der Waals surface area contributed by atoms with E-state index < -0.39 is 5.60 Å². The Hall–Kier alpha value is -1.64. The van der Waals surface area contributed by atoms with Crippen LogP contribution in [0.5, 0.6) is 0 Å². The third kappa shape index (κ3) is 3.17. The highest BCUT2D eigenvalue weighted by Gasteiger charge is 2.33. The van der Waals surface area contributed by atoms with E-state index in [9.17, 15) is 5.11 Å². The minimum atomic E-state index is -0.931. The molecule has 0 atom stereocenters.